The van der Waals surface area contributed by atoms with Crippen molar-refractivity contribution in [3.8, 4) is 0 Å². The van der Waals surface area contributed by atoms with Crippen molar-refractivity contribution < 1.29 is 5.11 Å². The molecule has 0 bridgehead atoms. The monoisotopic (exact) mass is 360 g/mol. The lowest BCUT2D eigenvalue weighted by Crippen LogP contribution is -2.38. The number of aryl methyl sites for hydroxylation is 1. The first kappa shape index (κ1) is 17.0. The summed E-state index contributed by atoms with van der Waals surface area (Å²) in [4.78, 5) is 2.41. The predicted molar refractivity (Wildman–Crippen MR) is 110 cm³/mol. The first-order chi connectivity index (χ1) is 13.3. The molecule has 1 atom stereocenters. The number of β-amino-alcohol motifs (C(OH)–C–C–N with tert-alkyl or cyclic N) is 1. The minimum absolute atomic E-state index is 0.336. The number of aliphatic hydroxyl groups is 1. The fourth-order valence-electron chi connectivity index (χ4n) is 5.07. The van der Waals surface area contributed by atoms with Gasteiger partial charge in [0.05, 0.1) is 12.6 Å². The zero-order chi connectivity index (χ0) is 18.2. The third kappa shape index (κ3) is 3.19. The van der Waals surface area contributed by atoms with Gasteiger partial charge in [0.15, 0.2) is 0 Å². The number of benzene rings is 2. The number of aliphatic hydroxyl groups excluding tert-OH is 1. The van der Waals surface area contributed by atoms with Crippen LogP contribution in [0, 0.1) is 0 Å². The van der Waals surface area contributed by atoms with Crippen molar-refractivity contribution in [3.05, 3.63) is 70.9 Å². The van der Waals surface area contributed by atoms with Gasteiger partial charge in [-0.3, -0.25) is 4.90 Å². The zero-order valence-electron chi connectivity index (χ0n) is 15.9. The van der Waals surface area contributed by atoms with Crippen LogP contribution in [0.3, 0.4) is 0 Å². The van der Waals surface area contributed by atoms with Crippen molar-refractivity contribution >= 4 is 10.9 Å². The number of para-hydroxylation sites is 1. The van der Waals surface area contributed by atoms with Gasteiger partial charge >= 0.3 is 0 Å². The maximum Gasteiger partial charge on any atom is 0.0845 e. The van der Waals surface area contributed by atoms with Gasteiger partial charge in [-0.05, 0) is 54.9 Å². The summed E-state index contributed by atoms with van der Waals surface area (Å²) in [5.41, 5.74) is 7.17. The lowest BCUT2D eigenvalue weighted by Gasteiger charge is -2.30. The first-order valence-corrected chi connectivity index (χ1v) is 10.4. The molecule has 1 aromatic heterocycles. The summed E-state index contributed by atoms with van der Waals surface area (Å²) >= 11 is 0. The molecule has 0 saturated carbocycles. The standard InChI is InChI=1S/C24H28N2O/c27-20(16-25-14-13-18-7-1-2-8-19(18)15-25)17-26-23-11-5-3-9-21(23)22-10-4-6-12-24(22)26/h1-3,5,7-9,11,20,27H,4,6,10,12-17H2/t20-/m0/s1. The second-order valence-corrected chi connectivity index (χ2v) is 8.17. The van der Waals surface area contributed by atoms with Gasteiger partial charge in [-0.15, -0.1) is 0 Å². The van der Waals surface area contributed by atoms with E-state index in [4.69, 9.17) is 0 Å². The lowest BCUT2D eigenvalue weighted by molar-refractivity contribution is 0.0920. The molecule has 1 aliphatic carbocycles. The minimum Gasteiger partial charge on any atom is -0.390 e. The van der Waals surface area contributed by atoms with Crippen molar-refractivity contribution in [2.75, 3.05) is 13.1 Å². The van der Waals surface area contributed by atoms with E-state index < -0.39 is 0 Å². The van der Waals surface area contributed by atoms with E-state index in [0.717, 1.165) is 32.5 Å². The van der Waals surface area contributed by atoms with Crippen LogP contribution < -0.4 is 0 Å². The van der Waals surface area contributed by atoms with Gasteiger partial charge in [0.1, 0.15) is 0 Å². The molecule has 2 heterocycles. The number of rotatable bonds is 4. The molecule has 0 fully saturated rings. The van der Waals surface area contributed by atoms with Crippen LogP contribution in [0.2, 0.25) is 0 Å². The molecular weight excluding hydrogens is 332 g/mol. The molecule has 3 heteroatoms. The van der Waals surface area contributed by atoms with E-state index in [9.17, 15) is 5.11 Å². The van der Waals surface area contributed by atoms with Crippen LogP contribution in [-0.4, -0.2) is 33.8 Å². The molecule has 0 amide bonds. The van der Waals surface area contributed by atoms with Gasteiger partial charge in [-0.1, -0.05) is 42.5 Å². The average Bonchev–Trinajstić information content (AvgIpc) is 3.02. The normalized spacial score (nSPS) is 18.3. The highest BCUT2D eigenvalue weighted by molar-refractivity contribution is 5.85. The molecule has 3 aromatic rings. The molecule has 5 rings (SSSR count). The zero-order valence-corrected chi connectivity index (χ0v) is 15.9. The summed E-state index contributed by atoms with van der Waals surface area (Å²) in [7, 11) is 0. The number of hydrogen-bond acceptors (Lipinski definition) is 2. The van der Waals surface area contributed by atoms with Crippen molar-refractivity contribution in [3.63, 3.8) is 0 Å². The average molecular weight is 361 g/mol. The molecule has 3 nitrogen and oxygen atoms in total. The number of nitrogens with zero attached hydrogens (tertiary/aromatic N) is 2. The quantitative estimate of drug-likeness (QED) is 0.763. The van der Waals surface area contributed by atoms with Crippen LogP contribution in [0.1, 0.15) is 35.2 Å². The van der Waals surface area contributed by atoms with Crippen LogP contribution >= 0.6 is 0 Å². The van der Waals surface area contributed by atoms with Gasteiger partial charge < -0.3 is 9.67 Å². The Morgan fingerprint density at radius 3 is 2.56 bits per heavy atom. The molecule has 1 aliphatic heterocycles. The second kappa shape index (κ2) is 7.14. The highest BCUT2D eigenvalue weighted by Gasteiger charge is 2.23. The van der Waals surface area contributed by atoms with E-state index in [1.165, 1.54) is 52.5 Å². The molecule has 27 heavy (non-hydrogen) atoms. The Morgan fingerprint density at radius 1 is 0.852 bits per heavy atom. The van der Waals surface area contributed by atoms with E-state index in [1.54, 1.807) is 0 Å². The van der Waals surface area contributed by atoms with Crippen LogP contribution in [0.4, 0.5) is 0 Å². The van der Waals surface area contributed by atoms with Crippen molar-refractivity contribution in [1.29, 1.82) is 0 Å². The Kier molecular flexibility index (Phi) is 4.50. The maximum absolute atomic E-state index is 10.9. The van der Waals surface area contributed by atoms with E-state index >= 15 is 0 Å². The summed E-state index contributed by atoms with van der Waals surface area (Å²) < 4.78 is 2.41. The molecule has 2 aromatic carbocycles. The van der Waals surface area contributed by atoms with Gasteiger partial charge in [-0.25, -0.2) is 0 Å². The molecule has 0 radical (unpaired) electrons. The van der Waals surface area contributed by atoms with E-state index in [1.807, 2.05) is 0 Å². The molecular formula is C24H28N2O. The van der Waals surface area contributed by atoms with Gasteiger partial charge in [-0.2, -0.15) is 0 Å². The van der Waals surface area contributed by atoms with Gasteiger partial charge in [0, 0.05) is 36.2 Å². The smallest absolute Gasteiger partial charge is 0.0845 e. The Morgan fingerprint density at radius 2 is 1.63 bits per heavy atom. The van der Waals surface area contributed by atoms with Crippen molar-refractivity contribution in [2.45, 2.75) is 51.3 Å². The van der Waals surface area contributed by atoms with Crippen LogP contribution in [0.15, 0.2) is 48.5 Å². The second-order valence-electron chi connectivity index (χ2n) is 8.17. The van der Waals surface area contributed by atoms with Gasteiger partial charge in [0.2, 0.25) is 0 Å². The summed E-state index contributed by atoms with van der Waals surface area (Å²) in [6, 6.07) is 17.5. The summed E-state index contributed by atoms with van der Waals surface area (Å²) in [6.07, 6.45) is 5.64. The Balaban J connectivity index is 1.35. The van der Waals surface area contributed by atoms with Crippen LogP contribution in [-0.2, 0) is 32.4 Å². The Hall–Kier alpha value is -2.10. The summed E-state index contributed by atoms with van der Waals surface area (Å²) in [5.74, 6) is 0. The van der Waals surface area contributed by atoms with E-state index in [0.29, 0.717) is 6.54 Å². The van der Waals surface area contributed by atoms with E-state index in [-0.39, 0.29) is 6.10 Å². The van der Waals surface area contributed by atoms with Gasteiger partial charge in [0.25, 0.3) is 0 Å². The summed E-state index contributed by atoms with van der Waals surface area (Å²) in [5, 5.41) is 12.3. The number of aromatic nitrogens is 1. The molecule has 140 valence electrons. The minimum atomic E-state index is -0.336. The van der Waals surface area contributed by atoms with Crippen molar-refractivity contribution in [2.24, 2.45) is 0 Å². The highest BCUT2D eigenvalue weighted by atomic mass is 16.3. The lowest BCUT2D eigenvalue weighted by atomic mass is 9.95. The Bertz CT molecular complexity index is 958. The molecule has 0 saturated heterocycles. The fourth-order valence-corrected chi connectivity index (χ4v) is 5.07. The molecule has 0 unspecified atom stereocenters. The Labute approximate surface area is 161 Å². The fraction of sp³-hybridized carbons (Fsp3) is 0.417. The summed E-state index contributed by atoms with van der Waals surface area (Å²) in [6.45, 7) is 3.44. The van der Waals surface area contributed by atoms with E-state index in [2.05, 4.69) is 58.0 Å². The molecule has 1 N–H and O–H groups in total. The maximum atomic E-state index is 10.9. The highest BCUT2D eigenvalue weighted by Crippen LogP contribution is 2.32. The first-order valence-electron chi connectivity index (χ1n) is 10.4. The third-order valence-electron chi connectivity index (χ3n) is 6.36. The SMILES string of the molecule is O[C@@H](CN1CCc2ccccc2C1)Cn1c2c(c3ccccc31)CCCC2. The van der Waals surface area contributed by atoms with Crippen molar-refractivity contribution in [1.82, 2.24) is 9.47 Å². The largest absolute Gasteiger partial charge is 0.390 e. The number of hydrogen-bond donors (Lipinski definition) is 1. The number of fused-ring (bicyclic) bond motifs is 4. The topological polar surface area (TPSA) is 28.4 Å². The third-order valence-corrected chi connectivity index (χ3v) is 6.36. The van der Waals surface area contributed by atoms with Crippen LogP contribution in [0.5, 0.6) is 0 Å². The molecule has 0 spiro atoms. The van der Waals surface area contributed by atoms with Crippen LogP contribution in [0.25, 0.3) is 10.9 Å². The predicted octanol–water partition coefficient (Wildman–Crippen LogP) is 3.94. The molecule has 2 aliphatic rings.